The van der Waals surface area contributed by atoms with E-state index in [4.69, 9.17) is 4.18 Å². The van der Waals surface area contributed by atoms with E-state index in [2.05, 4.69) is 5.32 Å². The molecule has 24 heavy (non-hydrogen) atoms. The molecule has 0 atom stereocenters. The highest BCUT2D eigenvalue weighted by atomic mass is 32.2. The summed E-state index contributed by atoms with van der Waals surface area (Å²) < 4.78 is 29.7. The fourth-order valence-electron chi connectivity index (χ4n) is 2.40. The number of fused-ring (bicyclic) bond motifs is 1. The van der Waals surface area contributed by atoms with Crippen molar-refractivity contribution in [2.24, 2.45) is 0 Å². The Hall–Kier alpha value is -2.94. The zero-order valence-corrected chi connectivity index (χ0v) is 13.1. The number of anilines is 1. The van der Waals surface area contributed by atoms with E-state index in [1.165, 1.54) is 30.3 Å². The highest BCUT2D eigenvalue weighted by Crippen LogP contribution is 2.30. The molecular formula is C15H12N2O6S. The van der Waals surface area contributed by atoms with Crippen molar-refractivity contribution in [1.82, 2.24) is 0 Å². The first-order valence-corrected chi connectivity index (χ1v) is 8.38. The number of carbonyl (C=O) groups excluding carboxylic acids is 1. The van der Waals surface area contributed by atoms with Crippen molar-refractivity contribution in [2.45, 2.75) is 17.7 Å². The van der Waals surface area contributed by atoms with E-state index in [-0.39, 0.29) is 11.7 Å². The first-order valence-electron chi connectivity index (χ1n) is 6.97. The molecule has 0 bridgehead atoms. The third-order valence-electron chi connectivity index (χ3n) is 3.51. The van der Waals surface area contributed by atoms with Gasteiger partial charge in [0.15, 0.2) is 4.90 Å². The summed E-state index contributed by atoms with van der Waals surface area (Å²) >= 11 is 0. The molecule has 0 aliphatic carbocycles. The smallest absolute Gasteiger partial charge is 0.346 e. The Kier molecular flexibility index (Phi) is 3.94. The minimum Gasteiger partial charge on any atom is -0.379 e. The van der Waals surface area contributed by atoms with Gasteiger partial charge >= 0.3 is 10.1 Å². The summed E-state index contributed by atoms with van der Waals surface area (Å²) in [5, 5.41) is 13.7. The molecule has 0 saturated carbocycles. The molecule has 124 valence electrons. The molecule has 0 unspecified atom stereocenters. The molecule has 0 saturated heterocycles. The number of nitro groups is 1. The highest BCUT2D eigenvalue weighted by Gasteiger charge is 2.27. The van der Waals surface area contributed by atoms with Crippen molar-refractivity contribution in [3.63, 3.8) is 0 Å². The van der Waals surface area contributed by atoms with E-state index in [9.17, 15) is 23.3 Å². The molecule has 0 spiro atoms. The molecule has 1 amide bonds. The predicted octanol–water partition coefficient (Wildman–Crippen LogP) is 2.25. The minimum atomic E-state index is -4.36. The number of hydrogen-bond donors (Lipinski definition) is 1. The SMILES string of the molecule is O=C1CCc2cc(OS(=O)(=O)c3ccccc3[N+](=O)[O-])ccc2N1. The molecule has 1 heterocycles. The second-order valence-corrected chi connectivity index (χ2v) is 6.64. The van der Waals surface area contributed by atoms with E-state index in [0.717, 1.165) is 17.7 Å². The van der Waals surface area contributed by atoms with Crippen LogP contribution in [0.1, 0.15) is 12.0 Å². The number of carbonyl (C=O) groups is 1. The molecule has 1 aliphatic rings. The molecule has 9 heteroatoms. The monoisotopic (exact) mass is 348 g/mol. The zero-order chi connectivity index (χ0) is 17.3. The topological polar surface area (TPSA) is 116 Å². The summed E-state index contributed by atoms with van der Waals surface area (Å²) in [6.07, 6.45) is 0.761. The summed E-state index contributed by atoms with van der Waals surface area (Å²) in [7, 11) is -4.36. The van der Waals surface area contributed by atoms with E-state index in [0.29, 0.717) is 18.5 Å². The Morgan fingerprint density at radius 2 is 1.88 bits per heavy atom. The average molecular weight is 348 g/mol. The fraction of sp³-hybridized carbons (Fsp3) is 0.133. The number of nitro benzene ring substituents is 1. The number of amides is 1. The Morgan fingerprint density at radius 1 is 1.12 bits per heavy atom. The second kappa shape index (κ2) is 5.93. The average Bonchev–Trinajstić information content (AvgIpc) is 2.54. The van der Waals surface area contributed by atoms with Crippen LogP contribution in [0.15, 0.2) is 47.4 Å². The minimum absolute atomic E-state index is 0.0306. The van der Waals surface area contributed by atoms with Crippen LogP contribution in [0.5, 0.6) is 5.75 Å². The van der Waals surface area contributed by atoms with E-state index < -0.39 is 25.6 Å². The van der Waals surface area contributed by atoms with Crippen LogP contribution in [0.4, 0.5) is 11.4 Å². The van der Waals surface area contributed by atoms with E-state index in [1.807, 2.05) is 0 Å². The molecule has 8 nitrogen and oxygen atoms in total. The van der Waals surface area contributed by atoms with Gasteiger partial charge in [0, 0.05) is 18.2 Å². The van der Waals surface area contributed by atoms with Crippen molar-refractivity contribution in [2.75, 3.05) is 5.32 Å². The summed E-state index contributed by atoms with van der Waals surface area (Å²) in [6, 6.07) is 9.39. The number of rotatable bonds is 4. The van der Waals surface area contributed by atoms with Gasteiger partial charge in [-0.25, -0.2) is 0 Å². The Balaban J connectivity index is 1.94. The Labute approximate surface area is 137 Å². The third-order valence-corrected chi connectivity index (χ3v) is 4.81. The lowest BCUT2D eigenvalue weighted by atomic mass is 10.0. The van der Waals surface area contributed by atoms with Crippen molar-refractivity contribution < 1.29 is 22.3 Å². The standard InChI is InChI=1S/C15H12N2O6S/c18-15-8-5-10-9-11(6-7-12(10)16-15)23-24(21,22)14-4-2-1-3-13(14)17(19)20/h1-4,6-7,9H,5,8H2,(H,16,18). The maximum Gasteiger partial charge on any atom is 0.346 e. The molecule has 0 fully saturated rings. The van der Waals surface area contributed by atoms with E-state index >= 15 is 0 Å². The van der Waals surface area contributed by atoms with Crippen molar-refractivity contribution in [1.29, 1.82) is 0 Å². The highest BCUT2D eigenvalue weighted by molar-refractivity contribution is 7.87. The van der Waals surface area contributed by atoms with Crippen LogP contribution in [0.2, 0.25) is 0 Å². The van der Waals surface area contributed by atoms with Crippen molar-refractivity contribution in [3.8, 4) is 5.75 Å². The van der Waals surface area contributed by atoms with Crippen LogP contribution in [0, 0.1) is 10.1 Å². The number of aryl methyl sites for hydroxylation is 1. The Morgan fingerprint density at radius 3 is 2.62 bits per heavy atom. The fourth-order valence-corrected chi connectivity index (χ4v) is 3.49. The van der Waals surface area contributed by atoms with Crippen molar-refractivity contribution in [3.05, 3.63) is 58.1 Å². The van der Waals surface area contributed by atoms with Crippen molar-refractivity contribution >= 4 is 27.4 Å². The van der Waals surface area contributed by atoms with Crippen LogP contribution in [0.25, 0.3) is 0 Å². The van der Waals surface area contributed by atoms with Gasteiger partial charge in [-0.2, -0.15) is 8.42 Å². The number of benzene rings is 2. The third kappa shape index (κ3) is 3.06. The zero-order valence-electron chi connectivity index (χ0n) is 12.3. The number of hydrogen-bond acceptors (Lipinski definition) is 6. The molecule has 1 aliphatic heterocycles. The van der Waals surface area contributed by atoms with Crippen LogP contribution >= 0.6 is 0 Å². The summed E-state index contributed by atoms with van der Waals surface area (Å²) in [6.45, 7) is 0. The Bertz CT molecular complexity index is 939. The van der Waals surface area contributed by atoms with Gasteiger partial charge in [0.2, 0.25) is 5.91 Å². The van der Waals surface area contributed by atoms with Gasteiger partial charge < -0.3 is 9.50 Å². The van der Waals surface area contributed by atoms with Gasteiger partial charge in [-0.3, -0.25) is 14.9 Å². The number of nitrogens with one attached hydrogen (secondary N) is 1. The van der Waals surface area contributed by atoms with Gasteiger partial charge in [0.1, 0.15) is 5.75 Å². The van der Waals surface area contributed by atoms with Gasteiger partial charge in [-0.05, 0) is 36.2 Å². The first kappa shape index (κ1) is 15.9. The number of nitrogens with zero attached hydrogens (tertiary/aromatic N) is 1. The molecule has 0 aromatic heterocycles. The molecule has 0 radical (unpaired) electrons. The maximum atomic E-state index is 12.4. The lowest BCUT2D eigenvalue weighted by Gasteiger charge is -2.17. The van der Waals surface area contributed by atoms with Gasteiger partial charge in [-0.15, -0.1) is 0 Å². The lowest BCUT2D eigenvalue weighted by molar-refractivity contribution is -0.387. The molecule has 2 aromatic carbocycles. The molecular weight excluding hydrogens is 336 g/mol. The number of para-hydroxylation sites is 1. The summed E-state index contributed by atoms with van der Waals surface area (Å²) in [5.74, 6) is -0.0771. The normalized spacial score (nSPS) is 13.8. The molecule has 2 aromatic rings. The summed E-state index contributed by atoms with van der Waals surface area (Å²) in [4.78, 5) is 21.0. The second-order valence-electron chi connectivity index (χ2n) is 5.13. The van der Waals surface area contributed by atoms with Crippen LogP contribution in [0.3, 0.4) is 0 Å². The van der Waals surface area contributed by atoms with Gasteiger partial charge in [0.05, 0.1) is 4.92 Å². The molecule has 1 N–H and O–H groups in total. The largest absolute Gasteiger partial charge is 0.379 e. The van der Waals surface area contributed by atoms with E-state index in [1.54, 1.807) is 0 Å². The maximum absolute atomic E-state index is 12.4. The van der Waals surface area contributed by atoms with Crippen LogP contribution in [-0.4, -0.2) is 19.2 Å². The predicted molar refractivity (Wildman–Crippen MR) is 84.3 cm³/mol. The molecule has 3 rings (SSSR count). The first-order chi connectivity index (χ1) is 11.4. The van der Waals surface area contributed by atoms with Gasteiger partial charge in [-0.1, -0.05) is 12.1 Å². The summed E-state index contributed by atoms with van der Waals surface area (Å²) in [5.41, 5.74) is 0.786. The van der Waals surface area contributed by atoms with Gasteiger partial charge in [0.25, 0.3) is 5.69 Å². The van der Waals surface area contributed by atoms with Crippen LogP contribution < -0.4 is 9.50 Å². The quantitative estimate of drug-likeness (QED) is 0.515. The van der Waals surface area contributed by atoms with Crippen LogP contribution in [-0.2, 0) is 21.3 Å². The lowest BCUT2D eigenvalue weighted by Crippen LogP contribution is -2.19.